The number of carbonyl (C=O) groups is 2. The Bertz CT molecular complexity index is 427. The number of amides is 2. The molecule has 6 nitrogen and oxygen atoms in total. The molecule has 2 fully saturated rings. The van der Waals surface area contributed by atoms with Crippen LogP contribution in [0.1, 0.15) is 52.4 Å². The maximum Gasteiger partial charge on any atom is 0.239 e. The first-order valence-corrected chi connectivity index (χ1v) is 10.0. The van der Waals surface area contributed by atoms with E-state index >= 15 is 0 Å². The molecule has 6 heteroatoms. The van der Waals surface area contributed by atoms with Gasteiger partial charge in [0.05, 0.1) is 6.04 Å². The van der Waals surface area contributed by atoms with Gasteiger partial charge in [-0.1, -0.05) is 13.8 Å². The maximum absolute atomic E-state index is 12.3. The average molecular weight is 353 g/mol. The molecule has 3 N–H and O–H groups in total. The summed E-state index contributed by atoms with van der Waals surface area (Å²) in [5.74, 6) is 0.651. The highest BCUT2D eigenvalue weighted by Crippen LogP contribution is 2.19. The molecule has 0 unspecified atom stereocenters. The van der Waals surface area contributed by atoms with Crippen molar-refractivity contribution in [3.63, 3.8) is 0 Å². The first-order chi connectivity index (χ1) is 12.0. The summed E-state index contributed by atoms with van der Waals surface area (Å²) < 4.78 is 0. The van der Waals surface area contributed by atoms with E-state index in [2.05, 4.69) is 24.1 Å². The van der Waals surface area contributed by atoms with Crippen LogP contribution in [0.15, 0.2) is 0 Å². The van der Waals surface area contributed by atoms with Gasteiger partial charge in [0, 0.05) is 25.6 Å². The van der Waals surface area contributed by atoms with Gasteiger partial charge in [0.25, 0.3) is 0 Å². The van der Waals surface area contributed by atoms with E-state index in [0.29, 0.717) is 19.0 Å². The zero-order valence-electron chi connectivity index (χ0n) is 16.0. The van der Waals surface area contributed by atoms with Gasteiger partial charge < -0.3 is 20.9 Å². The van der Waals surface area contributed by atoms with E-state index in [-0.39, 0.29) is 17.7 Å². The number of carbonyl (C=O) groups excluding carboxylic acids is 2. The van der Waals surface area contributed by atoms with Crippen molar-refractivity contribution in [3.8, 4) is 0 Å². The fourth-order valence-corrected chi connectivity index (χ4v) is 3.87. The van der Waals surface area contributed by atoms with Crippen LogP contribution < -0.4 is 11.1 Å². The molecule has 2 rings (SSSR count). The first kappa shape index (κ1) is 20.2. The van der Waals surface area contributed by atoms with Crippen molar-refractivity contribution in [2.24, 2.45) is 17.6 Å². The Hall–Kier alpha value is -1.14. The minimum atomic E-state index is -0.407. The van der Waals surface area contributed by atoms with Crippen LogP contribution >= 0.6 is 0 Å². The number of nitrogens with one attached hydrogen (secondary N) is 1. The van der Waals surface area contributed by atoms with E-state index in [1.165, 1.54) is 25.9 Å². The van der Waals surface area contributed by atoms with Crippen LogP contribution in [0.4, 0.5) is 0 Å². The molecule has 2 aliphatic rings. The van der Waals surface area contributed by atoms with Crippen LogP contribution in [-0.2, 0) is 9.59 Å². The summed E-state index contributed by atoms with van der Waals surface area (Å²) in [6, 6.07) is -0.407. The summed E-state index contributed by atoms with van der Waals surface area (Å²) in [6.07, 6.45) is 5.86. The second-order valence-corrected chi connectivity index (χ2v) is 8.03. The third-order valence-corrected chi connectivity index (χ3v) is 5.37. The topological polar surface area (TPSA) is 78.7 Å². The highest BCUT2D eigenvalue weighted by atomic mass is 16.2. The maximum atomic E-state index is 12.3. The van der Waals surface area contributed by atoms with Crippen LogP contribution in [-0.4, -0.2) is 66.9 Å². The van der Waals surface area contributed by atoms with E-state index in [4.69, 9.17) is 5.73 Å². The van der Waals surface area contributed by atoms with Crippen LogP contribution in [0, 0.1) is 11.8 Å². The number of hydrogen-bond donors (Lipinski definition) is 2. The van der Waals surface area contributed by atoms with Crippen molar-refractivity contribution >= 4 is 11.8 Å². The Morgan fingerprint density at radius 1 is 1.12 bits per heavy atom. The smallest absolute Gasteiger partial charge is 0.239 e. The molecule has 1 atom stereocenters. The van der Waals surface area contributed by atoms with Gasteiger partial charge in [0.1, 0.15) is 0 Å². The van der Waals surface area contributed by atoms with Gasteiger partial charge in [-0.25, -0.2) is 0 Å². The monoisotopic (exact) mass is 352 g/mol. The molecule has 0 spiro atoms. The standard InChI is InChI=1S/C19H36N4O2/c1-15(2)14-17(20)19(25)23-12-6-16(7-13-23)18(24)21-8-5-11-22-9-3-4-10-22/h15-17H,3-14,20H2,1-2H3,(H,21,24)/t17-/m0/s1. The highest BCUT2D eigenvalue weighted by Gasteiger charge is 2.29. The minimum absolute atomic E-state index is 0.0390. The number of piperidine rings is 1. The van der Waals surface area contributed by atoms with Gasteiger partial charge in [-0.3, -0.25) is 9.59 Å². The fraction of sp³-hybridized carbons (Fsp3) is 0.895. The molecule has 0 saturated carbocycles. The summed E-state index contributed by atoms with van der Waals surface area (Å²) in [4.78, 5) is 28.9. The molecular weight excluding hydrogens is 316 g/mol. The van der Waals surface area contributed by atoms with Crippen molar-refractivity contribution in [3.05, 3.63) is 0 Å². The molecule has 0 aromatic heterocycles. The van der Waals surface area contributed by atoms with Crippen LogP contribution in [0.5, 0.6) is 0 Å². The Morgan fingerprint density at radius 3 is 2.36 bits per heavy atom. The summed E-state index contributed by atoms with van der Waals surface area (Å²) in [5, 5.41) is 3.08. The number of nitrogens with two attached hydrogens (primary N) is 1. The molecule has 2 aliphatic heterocycles. The van der Waals surface area contributed by atoms with E-state index < -0.39 is 6.04 Å². The predicted molar refractivity (Wildman–Crippen MR) is 100 cm³/mol. The van der Waals surface area contributed by atoms with Crippen LogP contribution in [0.3, 0.4) is 0 Å². The second kappa shape index (κ2) is 10.1. The van der Waals surface area contributed by atoms with Crippen molar-refractivity contribution in [1.29, 1.82) is 0 Å². The van der Waals surface area contributed by atoms with Gasteiger partial charge in [0.15, 0.2) is 0 Å². The van der Waals surface area contributed by atoms with E-state index in [0.717, 1.165) is 38.8 Å². The van der Waals surface area contributed by atoms with Gasteiger partial charge in [-0.05, 0) is 64.1 Å². The third kappa shape index (κ3) is 6.59. The van der Waals surface area contributed by atoms with Crippen LogP contribution in [0.25, 0.3) is 0 Å². The van der Waals surface area contributed by atoms with Gasteiger partial charge in [-0.2, -0.15) is 0 Å². The second-order valence-electron chi connectivity index (χ2n) is 8.03. The lowest BCUT2D eigenvalue weighted by molar-refractivity contribution is -0.137. The molecule has 2 heterocycles. The third-order valence-electron chi connectivity index (χ3n) is 5.37. The minimum Gasteiger partial charge on any atom is -0.356 e. The van der Waals surface area contributed by atoms with E-state index in [1.807, 2.05) is 4.90 Å². The van der Waals surface area contributed by atoms with Gasteiger partial charge in [-0.15, -0.1) is 0 Å². The van der Waals surface area contributed by atoms with Crippen molar-refractivity contribution in [1.82, 2.24) is 15.1 Å². The number of likely N-dealkylation sites (tertiary alicyclic amines) is 2. The van der Waals surface area contributed by atoms with Crippen LogP contribution in [0.2, 0.25) is 0 Å². The van der Waals surface area contributed by atoms with E-state index in [1.54, 1.807) is 0 Å². The van der Waals surface area contributed by atoms with Crippen molar-refractivity contribution in [2.75, 3.05) is 39.3 Å². The zero-order chi connectivity index (χ0) is 18.2. The largest absolute Gasteiger partial charge is 0.356 e. The average Bonchev–Trinajstić information content (AvgIpc) is 3.11. The molecule has 2 amide bonds. The van der Waals surface area contributed by atoms with Crippen molar-refractivity contribution in [2.45, 2.75) is 58.4 Å². The molecule has 144 valence electrons. The molecule has 2 saturated heterocycles. The van der Waals surface area contributed by atoms with Crippen molar-refractivity contribution < 1.29 is 9.59 Å². The van der Waals surface area contributed by atoms with Gasteiger partial charge in [0.2, 0.25) is 11.8 Å². The Kier molecular flexibility index (Phi) is 8.16. The Labute approximate surface area is 152 Å². The number of nitrogens with zero attached hydrogens (tertiary/aromatic N) is 2. The number of rotatable bonds is 8. The molecule has 0 radical (unpaired) electrons. The molecule has 25 heavy (non-hydrogen) atoms. The normalized spacial score (nSPS) is 20.9. The SMILES string of the molecule is CC(C)C[C@H](N)C(=O)N1CCC(C(=O)NCCCN2CCCC2)CC1. The highest BCUT2D eigenvalue weighted by molar-refractivity contribution is 5.82. The molecule has 0 aliphatic carbocycles. The lowest BCUT2D eigenvalue weighted by Crippen LogP contribution is -2.49. The molecule has 0 aromatic rings. The molecular formula is C19H36N4O2. The number of hydrogen-bond acceptors (Lipinski definition) is 4. The van der Waals surface area contributed by atoms with E-state index in [9.17, 15) is 9.59 Å². The quantitative estimate of drug-likeness (QED) is 0.644. The predicted octanol–water partition coefficient (Wildman–Crippen LogP) is 1.20. The summed E-state index contributed by atoms with van der Waals surface area (Å²) in [6.45, 7) is 9.71. The summed E-state index contributed by atoms with van der Waals surface area (Å²) in [7, 11) is 0. The summed E-state index contributed by atoms with van der Waals surface area (Å²) >= 11 is 0. The zero-order valence-corrected chi connectivity index (χ0v) is 16.0. The molecule has 0 bridgehead atoms. The van der Waals surface area contributed by atoms with Gasteiger partial charge >= 0.3 is 0 Å². The Morgan fingerprint density at radius 2 is 1.76 bits per heavy atom. The molecule has 0 aromatic carbocycles. The Balaban J connectivity index is 1.61. The summed E-state index contributed by atoms with van der Waals surface area (Å²) in [5.41, 5.74) is 6.00. The lowest BCUT2D eigenvalue weighted by Gasteiger charge is -2.33. The first-order valence-electron chi connectivity index (χ1n) is 10.0. The lowest BCUT2D eigenvalue weighted by atomic mass is 9.94. The fourth-order valence-electron chi connectivity index (χ4n) is 3.87.